The summed E-state index contributed by atoms with van der Waals surface area (Å²) >= 11 is 3.16. The summed E-state index contributed by atoms with van der Waals surface area (Å²) in [4.78, 5) is 16.7. The number of methoxy groups -OCH3 is 1. The Labute approximate surface area is 102 Å². The number of thiazole rings is 1. The minimum absolute atomic E-state index is 0.246. The lowest BCUT2D eigenvalue weighted by Gasteiger charge is -1.94. The van der Waals surface area contributed by atoms with Crippen molar-refractivity contribution >= 4 is 28.6 Å². The lowest BCUT2D eigenvalue weighted by atomic mass is 10.2. The Morgan fingerprint density at radius 2 is 2.31 bits per heavy atom. The van der Waals surface area contributed by atoms with Gasteiger partial charge in [-0.3, -0.25) is 4.79 Å². The molecule has 16 heavy (non-hydrogen) atoms. The van der Waals surface area contributed by atoms with Crippen LogP contribution in [-0.4, -0.2) is 18.1 Å². The van der Waals surface area contributed by atoms with Gasteiger partial charge in [-0.05, 0) is 23.9 Å². The van der Waals surface area contributed by atoms with E-state index < -0.39 is 0 Å². The van der Waals surface area contributed by atoms with E-state index >= 15 is 0 Å². The smallest absolute Gasteiger partial charge is 0.312 e. The van der Waals surface area contributed by atoms with E-state index in [2.05, 4.69) is 22.7 Å². The quantitative estimate of drug-likeness (QED) is 0.790. The average Bonchev–Trinajstić information content (AvgIpc) is 2.86. The topological polar surface area (TPSA) is 39.2 Å². The maximum Gasteiger partial charge on any atom is 0.312 e. The molecule has 2 heterocycles. The summed E-state index contributed by atoms with van der Waals surface area (Å²) in [5, 5.41) is 4.83. The molecule has 3 nitrogen and oxygen atoms in total. The second kappa shape index (κ2) is 4.76. The van der Waals surface area contributed by atoms with Crippen LogP contribution in [0.5, 0.6) is 0 Å². The molecule has 0 N–H and O–H groups in total. The molecule has 0 saturated carbocycles. The highest BCUT2D eigenvalue weighted by molar-refractivity contribution is 7.14. The molecule has 2 aromatic heterocycles. The second-order valence-corrected chi connectivity index (χ2v) is 5.17. The molecule has 0 atom stereocenters. The monoisotopic (exact) mass is 253 g/mol. The van der Waals surface area contributed by atoms with Gasteiger partial charge in [-0.1, -0.05) is 0 Å². The molecule has 0 unspecified atom stereocenters. The predicted molar refractivity (Wildman–Crippen MR) is 65.9 cm³/mol. The Balaban J connectivity index is 2.20. The van der Waals surface area contributed by atoms with Crippen molar-refractivity contribution in [3.8, 4) is 10.6 Å². The van der Waals surface area contributed by atoms with E-state index in [1.54, 1.807) is 11.3 Å². The van der Waals surface area contributed by atoms with Gasteiger partial charge < -0.3 is 4.74 Å². The first-order valence-corrected chi connectivity index (χ1v) is 6.52. The van der Waals surface area contributed by atoms with Crippen molar-refractivity contribution in [1.82, 2.24) is 4.98 Å². The summed E-state index contributed by atoms with van der Waals surface area (Å²) in [6.07, 6.45) is 0.256. The second-order valence-electron chi connectivity index (χ2n) is 3.31. The molecule has 0 amide bonds. The van der Waals surface area contributed by atoms with Crippen molar-refractivity contribution in [1.29, 1.82) is 0 Å². The molecule has 0 aliphatic heterocycles. The first-order valence-electron chi connectivity index (χ1n) is 4.76. The molecule has 84 valence electrons. The Bertz CT molecular complexity index is 502. The molecule has 0 aliphatic rings. The number of hydrogen-bond acceptors (Lipinski definition) is 5. The molecule has 0 aliphatic carbocycles. The maximum atomic E-state index is 11.1. The van der Waals surface area contributed by atoms with Crippen LogP contribution in [0.3, 0.4) is 0 Å². The van der Waals surface area contributed by atoms with Crippen molar-refractivity contribution in [3.05, 3.63) is 27.4 Å². The summed E-state index contributed by atoms with van der Waals surface area (Å²) in [6.45, 7) is 2.06. The fourth-order valence-electron chi connectivity index (χ4n) is 1.33. The van der Waals surface area contributed by atoms with Gasteiger partial charge in [-0.2, -0.15) is 0 Å². The Morgan fingerprint density at radius 1 is 1.50 bits per heavy atom. The number of thiophene rings is 1. The summed E-state index contributed by atoms with van der Waals surface area (Å²) in [5.41, 5.74) is 2.18. The molecule has 0 saturated heterocycles. The number of aryl methyl sites for hydroxylation is 1. The van der Waals surface area contributed by atoms with Crippen molar-refractivity contribution < 1.29 is 9.53 Å². The van der Waals surface area contributed by atoms with E-state index in [4.69, 9.17) is 0 Å². The van der Waals surface area contributed by atoms with Crippen LogP contribution in [-0.2, 0) is 16.0 Å². The van der Waals surface area contributed by atoms with Gasteiger partial charge in [0.05, 0.1) is 24.1 Å². The van der Waals surface area contributed by atoms with Gasteiger partial charge in [0.2, 0.25) is 0 Å². The van der Waals surface area contributed by atoms with E-state index in [9.17, 15) is 4.79 Å². The molecular weight excluding hydrogens is 242 g/mol. The normalized spacial score (nSPS) is 10.4. The molecule has 0 bridgehead atoms. The molecule has 2 aromatic rings. The van der Waals surface area contributed by atoms with Crippen LogP contribution in [0.15, 0.2) is 16.8 Å². The lowest BCUT2D eigenvalue weighted by molar-refractivity contribution is -0.139. The first-order chi connectivity index (χ1) is 7.70. The number of ether oxygens (including phenoxy) is 1. The van der Waals surface area contributed by atoms with E-state index in [0.717, 1.165) is 10.7 Å². The highest BCUT2D eigenvalue weighted by atomic mass is 32.1. The van der Waals surface area contributed by atoms with E-state index in [-0.39, 0.29) is 12.4 Å². The molecule has 2 rings (SSSR count). The Morgan fingerprint density at radius 3 is 2.94 bits per heavy atom. The molecule has 5 heteroatoms. The third-order valence-corrected chi connectivity index (χ3v) is 4.06. The van der Waals surface area contributed by atoms with E-state index in [1.165, 1.54) is 28.9 Å². The van der Waals surface area contributed by atoms with Crippen LogP contribution < -0.4 is 0 Å². The van der Waals surface area contributed by atoms with Crippen LogP contribution in [0.2, 0.25) is 0 Å². The minimum atomic E-state index is -0.246. The third kappa shape index (κ3) is 2.31. The standard InChI is InChI=1S/C11H11NO2S2/c1-7-3-4-15-11(7)8-6-16-9(12-8)5-10(13)14-2/h3-4,6H,5H2,1-2H3. The fourth-order valence-corrected chi connectivity index (χ4v) is 3.06. The Hall–Kier alpha value is -1.20. The van der Waals surface area contributed by atoms with Crippen molar-refractivity contribution in [2.24, 2.45) is 0 Å². The highest BCUT2D eigenvalue weighted by Gasteiger charge is 2.11. The molecule has 0 radical (unpaired) electrons. The number of carbonyl (C=O) groups is 1. The van der Waals surface area contributed by atoms with Crippen LogP contribution >= 0.6 is 22.7 Å². The lowest BCUT2D eigenvalue weighted by Crippen LogP contribution is -2.03. The van der Waals surface area contributed by atoms with Gasteiger partial charge in [0.15, 0.2) is 0 Å². The SMILES string of the molecule is COC(=O)Cc1nc(-c2sccc2C)cs1. The number of esters is 1. The van der Waals surface area contributed by atoms with Crippen LogP contribution in [0, 0.1) is 6.92 Å². The van der Waals surface area contributed by atoms with Gasteiger partial charge in [0.25, 0.3) is 0 Å². The zero-order chi connectivity index (χ0) is 11.5. The zero-order valence-electron chi connectivity index (χ0n) is 9.02. The van der Waals surface area contributed by atoms with Crippen molar-refractivity contribution in [3.63, 3.8) is 0 Å². The summed E-state index contributed by atoms with van der Waals surface area (Å²) in [7, 11) is 1.39. The predicted octanol–water partition coefficient (Wildman–Crippen LogP) is 2.90. The van der Waals surface area contributed by atoms with Crippen molar-refractivity contribution in [2.45, 2.75) is 13.3 Å². The fraction of sp³-hybridized carbons (Fsp3) is 0.273. The first kappa shape index (κ1) is 11.3. The summed E-state index contributed by atoms with van der Waals surface area (Å²) in [6, 6.07) is 2.07. The van der Waals surface area contributed by atoms with Crippen LogP contribution in [0.4, 0.5) is 0 Å². The zero-order valence-corrected chi connectivity index (χ0v) is 10.7. The largest absolute Gasteiger partial charge is 0.469 e. The molecule has 0 spiro atoms. The average molecular weight is 253 g/mol. The molecule has 0 aromatic carbocycles. The van der Waals surface area contributed by atoms with Crippen molar-refractivity contribution in [2.75, 3.05) is 7.11 Å². The van der Waals surface area contributed by atoms with Gasteiger partial charge in [-0.25, -0.2) is 4.98 Å². The minimum Gasteiger partial charge on any atom is -0.469 e. The Kier molecular flexibility index (Phi) is 3.36. The number of rotatable bonds is 3. The van der Waals surface area contributed by atoms with Crippen LogP contribution in [0.1, 0.15) is 10.6 Å². The number of nitrogens with zero attached hydrogens (tertiary/aromatic N) is 1. The van der Waals surface area contributed by atoms with Gasteiger partial charge in [0, 0.05) is 5.38 Å². The number of hydrogen-bond donors (Lipinski definition) is 0. The molecular formula is C11H11NO2S2. The maximum absolute atomic E-state index is 11.1. The summed E-state index contributed by atoms with van der Waals surface area (Å²) < 4.78 is 4.61. The number of aromatic nitrogens is 1. The number of carbonyl (C=O) groups excluding carboxylic acids is 1. The van der Waals surface area contributed by atoms with Crippen LogP contribution in [0.25, 0.3) is 10.6 Å². The third-order valence-electron chi connectivity index (χ3n) is 2.17. The summed E-state index contributed by atoms with van der Waals surface area (Å²) in [5.74, 6) is -0.246. The van der Waals surface area contributed by atoms with Gasteiger partial charge >= 0.3 is 5.97 Å². The van der Waals surface area contributed by atoms with E-state index in [0.29, 0.717) is 0 Å². The van der Waals surface area contributed by atoms with E-state index in [1.807, 2.05) is 10.8 Å². The van der Waals surface area contributed by atoms with Gasteiger partial charge in [-0.15, -0.1) is 22.7 Å². The highest BCUT2D eigenvalue weighted by Crippen LogP contribution is 2.29. The molecule has 0 fully saturated rings. The van der Waals surface area contributed by atoms with Gasteiger partial charge in [0.1, 0.15) is 5.01 Å².